The van der Waals surface area contributed by atoms with E-state index >= 15 is 0 Å². The van der Waals surface area contributed by atoms with Gasteiger partial charge in [-0.15, -0.1) is 0 Å². The number of carbonyl (C=O) groups is 2. The van der Waals surface area contributed by atoms with Gasteiger partial charge in [0.1, 0.15) is 11.7 Å². The summed E-state index contributed by atoms with van der Waals surface area (Å²) in [6.07, 6.45) is 11.8. The molecular formula is C31H36N2O6. The summed E-state index contributed by atoms with van der Waals surface area (Å²) in [5.41, 5.74) is 1.96. The van der Waals surface area contributed by atoms with Crippen LogP contribution in [-0.4, -0.2) is 72.7 Å². The summed E-state index contributed by atoms with van der Waals surface area (Å²) in [5.74, 6) is 1.84. The van der Waals surface area contributed by atoms with Gasteiger partial charge in [-0.1, -0.05) is 6.07 Å². The molecule has 1 amide bonds. The van der Waals surface area contributed by atoms with Crippen molar-refractivity contribution in [2.24, 2.45) is 5.92 Å². The Morgan fingerprint density at radius 2 is 2.05 bits per heavy atom. The topological polar surface area (TPSA) is 81.5 Å². The molecule has 1 saturated heterocycles. The Kier molecular flexibility index (Phi) is 5.64. The molecule has 0 N–H and O–H groups in total. The van der Waals surface area contributed by atoms with Crippen LogP contribution in [0.1, 0.15) is 55.7 Å². The highest BCUT2D eigenvalue weighted by molar-refractivity contribution is 5.92. The lowest BCUT2D eigenvalue weighted by Gasteiger charge is -2.65. The van der Waals surface area contributed by atoms with Crippen LogP contribution in [-0.2, 0) is 26.2 Å². The summed E-state index contributed by atoms with van der Waals surface area (Å²) in [6.45, 7) is 3.50. The van der Waals surface area contributed by atoms with Crippen LogP contribution in [0, 0.1) is 5.92 Å². The fourth-order valence-electron chi connectivity index (χ4n) is 8.26. The number of furan rings is 1. The first kappa shape index (κ1) is 24.8. The van der Waals surface area contributed by atoms with E-state index in [-0.39, 0.29) is 30.1 Å². The van der Waals surface area contributed by atoms with Gasteiger partial charge in [0.25, 0.3) is 0 Å². The number of hydrogen-bond donors (Lipinski definition) is 0. The molecule has 0 unspecified atom stereocenters. The van der Waals surface area contributed by atoms with E-state index in [2.05, 4.69) is 11.0 Å². The van der Waals surface area contributed by atoms with Crippen LogP contribution in [0.25, 0.3) is 6.08 Å². The Morgan fingerprint density at radius 1 is 1.21 bits per heavy atom. The third kappa shape index (κ3) is 3.53. The third-order valence-electron chi connectivity index (χ3n) is 10.0. The number of esters is 1. The van der Waals surface area contributed by atoms with Crippen LogP contribution in [0.5, 0.6) is 11.5 Å². The standard InChI is InChI=1S/C31H36N2O6/c1-19(34)39-31-12-10-23(32(2)26(35)9-6-21-11-15-37-18-21)29-30(31)13-14-33(17-20-4-5-20)25(31)16-22-7-8-24(36-3)28(38-29)27(22)30/h6-9,11,15,18,20,23,25,29H,4-5,10,12-14,16-17H2,1-3H3/b9-6+/t23-,25-,29+,30+,31-/m1/s1. The molecule has 2 aromatic rings. The largest absolute Gasteiger partial charge is 0.493 e. The zero-order valence-electron chi connectivity index (χ0n) is 22.9. The van der Waals surface area contributed by atoms with Gasteiger partial charge in [0.2, 0.25) is 5.91 Å². The number of nitrogens with zero attached hydrogens (tertiary/aromatic N) is 2. The van der Waals surface area contributed by atoms with Crippen LogP contribution in [0.3, 0.4) is 0 Å². The smallest absolute Gasteiger partial charge is 0.303 e. The van der Waals surface area contributed by atoms with Gasteiger partial charge in [0.15, 0.2) is 11.5 Å². The first-order valence-electron chi connectivity index (χ1n) is 14.2. The molecule has 3 heterocycles. The molecule has 2 saturated carbocycles. The number of methoxy groups -OCH3 is 1. The van der Waals surface area contributed by atoms with E-state index in [1.54, 1.807) is 31.8 Å². The highest BCUT2D eigenvalue weighted by Gasteiger charge is 2.75. The van der Waals surface area contributed by atoms with E-state index in [0.717, 1.165) is 48.7 Å². The van der Waals surface area contributed by atoms with Crippen molar-refractivity contribution < 1.29 is 28.2 Å². The molecule has 2 aliphatic heterocycles. The number of hydrogen-bond acceptors (Lipinski definition) is 7. The number of piperidine rings is 1. The monoisotopic (exact) mass is 532 g/mol. The lowest BCUT2D eigenvalue weighted by molar-refractivity contribution is -0.223. The minimum atomic E-state index is -0.714. The number of ether oxygens (including phenoxy) is 3. The van der Waals surface area contributed by atoms with Crippen LogP contribution >= 0.6 is 0 Å². The second-order valence-electron chi connectivity index (χ2n) is 12.0. The Bertz CT molecular complexity index is 1330. The van der Waals surface area contributed by atoms with Crippen molar-refractivity contribution in [3.8, 4) is 11.5 Å². The second kappa shape index (κ2) is 8.88. The maximum atomic E-state index is 13.4. The molecule has 8 heteroatoms. The van der Waals surface area contributed by atoms with Crippen molar-refractivity contribution in [2.75, 3.05) is 27.2 Å². The summed E-state index contributed by atoms with van der Waals surface area (Å²) in [6, 6.07) is 5.88. The zero-order chi connectivity index (χ0) is 26.9. The van der Waals surface area contributed by atoms with E-state index < -0.39 is 11.0 Å². The fraction of sp³-hybridized carbons (Fsp3) is 0.548. The molecule has 3 aliphatic carbocycles. The Morgan fingerprint density at radius 3 is 2.77 bits per heavy atom. The summed E-state index contributed by atoms with van der Waals surface area (Å²) < 4.78 is 24.4. The van der Waals surface area contributed by atoms with E-state index in [1.165, 1.54) is 25.3 Å². The molecule has 3 fully saturated rings. The van der Waals surface area contributed by atoms with Crippen molar-refractivity contribution in [1.29, 1.82) is 0 Å². The van der Waals surface area contributed by atoms with Crippen molar-refractivity contribution >= 4 is 18.0 Å². The molecule has 1 aromatic heterocycles. The fourth-order valence-corrected chi connectivity index (χ4v) is 8.26. The Labute approximate surface area is 228 Å². The van der Waals surface area contributed by atoms with Gasteiger partial charge >= 0.3 is 5.97 Å². The first-order valence-corrected chi connectivity index (χ1v) is 14.2. The molecule has 39 heavy (non-hydrogen) atoms. The summed E-state index contributed by atoms with van der Waals surface area (Å²) in [7, 11) is 3.52. The highest BCUT2D eigenvalue weighted by Crippen LogP contribution is 2.67. The van der Waals surface area contributed by atoms with Crippen LogP contribution in [0.15, 0.2) is 41.2 Å². The van der Waals surface area contributed by atoms with Gasteiger partial charge < -0.3 is 23.5 Å². The average molecular weight is 533 g/mol. The summed E-state index contributed by atoms with van der Waals surface area (Å²) in [4.78, 5) is 30.7. The van der Waals surface area contributed by atoms with E-state index in [0.29, 0.717) is 18.6 Å². The van der Waals surface area contributed by atoms with Gasteiger partial charge in [-0.05, 0) is 74.8 Å². The van der Waals surface area contributed by atoms with Crippen LogP contribution in [0.4, 0.5) is 0 Å². The van der Waals surface area contributed by atoms with Crippen molar-refractivity contribution in [2.45, 2.75) is 74.7 Å². The van der Waals surface area contributed by atoms with Crippen molar-refractivity contribution in [3.63, 3.8) is 0 Å². The van der Waals surface area contributed by atoms with Gasteiger partial charge in [-0.2, -0.15) is 0 Å². The number of likely N-dealkylation sites (tertiary alicyclic amines) is 1. The van der Waals surface area contributed by atoms with Crippen LogP contribution < -0.4 is 9.47 Å². The van der Waals surface area contributed by atoms with Gasteiger partial charge in [-0.25, -0.2) is 0 Å². The first-order chi connectivity index (χ1) is 18.9. The molecule has 206 valence electrons. The van der Waals surface area contributed by atoms with Crippen molar-refractivity contribution in [3.05, 3.63) is 53.5 Å². The van der Waals surface area contributed by atoms with E-state index in [4.69, 9.17) is 18.6 Å². The van der Waals surface area contributed by atoms with Crippen LogP contribution in [0.2, 0.25) is 0 Å². The second-order valence-corrected chi connectivity index (χ2v) is 12.0. The summed E-state index contributed by atoms with van der Waals surface area (Å²) >= 11 is 0. The predicted octanol–water partition coefficient (Wildman–Crippen LogP) is 3.96. The van der Waals surface area contributed by atoms with Gasteiger partial charge in [-0.3, -0.25) is 14.5 Å². The number of likely N-dealkylation sites (N-methyl/N-ethyl adjacent to an activating group) is 1. The van der Waals surface area contributed by atoms with Gasteiger partial charge in [0.05, 0.1) is 37.1 Å². The maximum absolute atomic E-state index is 13.4. The number of carbonyl (C=O) groups excluding carboxylic acids is 2. The normalized spacial score (nSPS) is 32.4. The molecular weight excluding hydrogens is 496 g/mol. The SMILES string of the molecule is COc1ccc2c3c1O[C@H]1[C@H](N(C)C(=O)/C=C/c4ccoc4)CC[C@@]4(OC(C)=O)[C@@H](C2)N(CC2CC2)CC[C@]314. The predicted molar refractivity (Wildman–Crippen MR) is 144 cm³/mol. The molecule has 1 aromatic carbocycles. The van der Waals surface area contributed by atoms with E-state index in [1.807, 2.05) is 24.1 Å². The third-order valence-corrected chi connectivity index (χ3v) is 10.0. The summed E-state index contributed by atoms with van der Waals surface area (Å²) in [5, 5.41) is 0. The number of benzene rings is 1. The van der Waals surface area contributed by atoms with Crippen molar-refractivity contribution in [1.82, 2.24) is 9.80 Å². The average Bonchev–Trinajstić information content (AvgIpc) is 3.44. The van der Waals surface area contributed by atoms with E-state index in [9.17, 15) is 9.59 Å². The molecule has 2 bridgehead atoms. The molecule has 7 rings (SSSR count). The molecule has 5 aliphatic rings. The van der Waals surface area contributed by atoms with Gasteiger partial charge in [0, 0.05) is 37.7 Å². The molecule has 5 atom stereocenters. The Balaban J connectivity index is 1.33. The molecule has 1 spiro atoms. The minimum absolute atomic E-state index is 0.0802. The zero-order valence-corrected chi connectivity index (χ0v) is 22.9. The Hall–Kier alpha value is -3.26. The quantitative estimate of drug-likeness (QED) is 0.394. The minimum Gasteiger partial charge on any atom is -0.493 e. The maximum Gasteiger partial charge on any atom is 0.303 e. The molecule has 0 radical (unpaired) electrons. The number of rotatable bonds is 7. The lowest BCUT2D eigenvalue weighted by Crippen LogP contribution is -2.79. The highest BCUT2D eigenvalue weighted by atomic mass is 16.6. The lowest BCUT2D eigenvalue weighted by atomic mass is 9.48. The molecule has 8 nitrogen and oxygen atoms in total. The number of amides is 1.